The molecule has 0 bridgehead atoms. The van der Waals surface area contributed by atoms with Gasteiger partial charge in [0.05, 0.1) is 0 Å². The smallest absolute Gasteiger partial charge is 0.0247 e. The molecule has 1 aliphatic rings. The number of benzene rings is 1. The predicted molar refractivity (Wildman–Crippen MR) is 55.0 cm³/mol. The van der Waals surface area contributed by atoms with E-state index in [4.69, 9.17) is 0 Å². The lowest BCUT2D eigenvalue weighted by Crippen LogP contribution is -2.33. The highest BCUT2D eigenvalue weighted by Crippen LogP contribution is 2.19. The maximum absolute atomic E-state index is 3.51. The molecule has 0 aliphatic carbocycles. The predicted octanol–water partition coefficient (Wildman–Crippen LogP) is 2.44. The zero-order chi connectivity index (χ0) is 8.39. The minimum atomic E-state index is 1.04. The van der Waals surface area contributed by atoms with Crippen molar-refractivity contribution in [2.24, 2.45) is 0 Å². The van der Waals surface area contributed by atoms with Gasteiger partial charge in [-0.1, -0.05) is 40.2 Å². The summed E-state index contributed by atoms with van der Waals surface area (Å²) < 4.78 is 1.17. The summed E-state index contributed by atoms with van der Waals surface area (Å²) in [6, 6.07) is 8.28. The van der Waals surface area contributed by atoms with Gasteiger partial charge in [-0.25, -0.2) is 0 Å². The van der Waals surface area contributed by atoms with Crippen molar-refractivity contribution in [3.8, 4) is 0 Å². The second-order valence-corrected chi connectivity index (χ2v) is 3.78. The fraction of sp³-hybridized carbons (Fsp3) is 0.200. The van der Waals surface area contributed by atoms with Gasteiger partial charge in [0.1, 0.15) is 0 Å². The maximum atomic E-state index is 3.51. The van der Waals surface area contributed by atoms with E-state index < -0.39 is 0 Å². The van der Waals surface area contributed by atoms with Crippen molar-refractivity contribution in [3.63, 3.8) is 0 Å². The molecule has 0 radical (unpaired) electrons. The molecule has 0 spiro atoms. The first-order chi connectivity index (χ1) is 5.86. The normalized spacial score (nSPS) is 15.6. The highest BCUT2D eigenvalue weighted by Gasteiger charge is 2.06. The van der Waals surface area contributed by atoms with Crippen molar-refractivity contribution in [1.82, 2.24) is 5.32 Å². The molecule has 12 heavy (non-hydrogen) atoms. The molecule has 1 N–H and O–H groups in total. The minimum Gasteiger partial charge on any atom is -0.309 e. The van der Waals surface area contributed by atoms with Gasteiger partial charge in [-0.15, -0.1) is 0 Å². The molecule has 0 aromatic heterocycles. The van der Waals surface area contributed by atoms with Crippen LogP contribution in [0.1, 0.15) is 5.56 Å². The molecule has 1 aromatic carbocycles. The third kappa shape index (κ3) is 1.59. The lowest BCUT2D eigenvalue weighted by molar-refractivity contribution is 0.675. The molecule has 0 amide bonds. The number of nitrogens with one attached hydrogen (secondary N) is 1. The zero-order valence-electron chi connectivity index (χ0n) is 6.68. The van der Waals surface area contributed by atoms with E-state index in [1.165, 1.54) is 15.6 Å². The molecule has 1 nitrogen and oxygen atoms in total. The SMILES string of the molecule is Brc1ccccc1C=C1CNC1. The Balaban J connectivity index is 2.27. The van der Waals surface area contributed by atoms with E-state index in [-0.39, 0.29) is 0 Å². The Morgan fingerprint density at radius 1 is 1.25 bits per heavy atom. The van der Waals surface area contributed by atoms with Crippen LogP contribution in [0.25, 0.3) is 6.08 Å². The van der Waals surface area contributed by atoms with Gasteiger partial charge in [-0.05, 0) is 17.2 Å². The first kappa shape index (κ1) is 8.02. The van der Waals surface area contributed by atoms with Crippen LogP contribution in [0.2, 0.25) is 0 Å². The van der Waals surface area contributed by atoms with Crippen LogP contribution >= 0.6 is 15.9 Å². The van der Waals surface area contributed by atoms with E-state index in [0.717, 1.165) is 13.1 Å². The zero-order valence-corrected chi connectivity index (χ0v) is 8.26. The van der Waals surface area contributed by atoms with E-state index in [1.54, 1.807) is 0 Å². The molecule has 1 fully saturated rings. The Labute approximate surface area is 80.6 Å². The average molecular weight is 224 g/mol. The molecule has 1 heterocycles. The number of rotatable bonds is 1. The van der Waals surface area contributed by atoms with Gasteiger partial charge < -0.3 is 5.32 Å². The molecule has 62 valence electrons. The van der Waals surface area contributed by atoms with Crippen LogP contribution in [0.4, 0.5) is 0 Å². The molecule has 1 aliphatic heterocycles. The highest BCUT2D eigenvalue weighted by atomic mass is 79.9. The fourth-order valence-corrected chi connectivity index (χ4v) is 1.58. The quantitative estimate of drug-likeness (QED) is 0.772. The Morgan fingerprint density at radius 2 is 2.00 bits per heavy atom. The third-order valence-corrected chi connectivity index (χ3v) is 2.69. The summed E-state index contributed by atoms with van der Waals surface area (Å²) in [6.45, 7) is 2.09. The lowest BCUT2D eigenvalue weighted by atomic mass is 10.1. The summed E-state index contributed by atoms with van der Waals surface area (Å²) in [5.74, 6) is 0. The number of hydrogen-bond acceptors (Lipinski definition) is 1. The first-order valence-corrected chi connectivity index (χ1v) is 4.80. The molecular weight excluding hydrogens is 214 g/mol. The number of hydrogen-bond donors (Lipinski definition) is 1. The Hall–Kier alpha value is -0.600. The topological polar surface area (TPSA) is 12.0 Å². The molecule has 0 unspecified atom stereocenters. The highest BCUT2D eigenvalue weighted by molar-refractivity contribution is 9.10. The standard InChI is InChI=1S/C10H10BrN/c11-10-4-2-1-3-9(10)5-8-6-12-7-8/h1-5,12H,6-7H2. The molecule has 1 aromatic rings. The van der Waals surface area contributed by atoms with E-state index in [1.807, 2.05) is 6.07 Å². The second kappa shape index (κ2) is 3.42. The van der Waals surface area contributed by atoms with Crippen molar-refractivity contribution in [3.05, 3.63) is 39.9 Å². The largest absolute Gasteiger partial charge is 0.309 e. The molecular formula is C10H10BrN. The summed E-state index contributed by atoms with van der Waals surface area (Å²) in [7, 11) is 0. The molecule has 0 atom stereocenters. The van der Waals surface area contributed by atoms with Crippen LogP contribution in [0.3, 0.4) is 0 Å². The summed E-state index contributed by atoms with van der Waals surface area (Å²) in [6.07, 6.45) is 2.24. The lowest BCUT2D eigenvalue weighted by Gasteiger charge is -2.18. The van der Waals surface area contributed by atoms with E-state index in [9.17, 15) is 0 Å². The van der Waals surface area contributed by atoms with Crippen LogP contribution in [0.5, 0.6) is 0 Å². The average Bonchev–Trinajstić information content (AvgIpc) is 2.00. The summed E-state index contributed by atoms with van der Waals surface area (Å²) in [5, 5.41) is 3.22. The van der Waals surface area contributed by atoms with Crippen molar-refractivity contribution >= 4 is 22.0 Å². The molecule has 1 saturated heterocycles. The maximum Gasteiger partial charge on any atom is 0.0247 e. The third-order valence-electron chi connectivity index (χ3n) is 1.97. The molecule has 2 heteroatoms. The minimum absolute atomic E-state index is 1.04. The van der Waals surface area contributed by atoms with Crippen molar-refractivity contribution < 1.29 is 0 Å². The van der Waals surface area contributed by atoms with Crippen molar-refractivity contribution in [1.29, 1.82) is 0 Å². The summed E-state index contributed by atoms with van der Waals surface area (Å²) >= 11 is 3.51. The van der Waals surface area contributed by atoms with E-state index in [2.05, 4.69) is 45.5 Å². The molecule has 0 saturated carbocycles. The van der Waals surface area contributed by atoms with Crippen LogP contribution in [0, 0.1) is 0 Å². The van der Waals surface area contributed by atoms with Crippen molar-refractivity contribution in [2.75, 3.05) is 13.1 Å². The summed E-state index contributed by atoms with van der Waals surface area (Å²) in [5.41, 5.74) is 2.75. The van der Waals surface area contributed by atoms with Crippen molar-refractivity contribution in [2.45, 2.75) is 0 Å². The van der Waals surface area contributed by atoms with E-state index in [0.29, 0.717) is 0 Å². The Kier molecular flexibility index (Phi) is 2.28. The van der Waals surface area contributed by atoms with Gasteiger partial charge >= 0.3 is 0 Å². The van der Waals surface area contributed by atoms with Crippen LogP contribution in [-0.4, -0.2) is 13.1 Å². The van der Waals surface area contributed by atoms with Gasteiger partial charge in [-0.2, -0.15) is 0 Å². The van der Waals surface area contributed by atoms with Gasteiger partial charge in [0.25, 0.3) is 0 Å². The summed E-state index contributed by atoms with van der Waals surface area (Å²) in [4.78, 5) is 0. The van der Waals surface area contributed by atoms with Crippen LogP contribution < -0.4 is 5.32 Å². The second-order valence-electron chi connectivity index (χ2n) is 2.93. The van der Waals surface area contributed by atoms with Gasteiger partial charge in [0.2, 0.25) is 0 Å². The van der Waals surface area contributed by atoms with Gasteiger partial charge in [0.15, 0.2) is 0 Å². The fourth-order valence-electron chi connectivity index (χ4n) is 1.18. The van der Waals surface area contributed by atoms with E-state index >= 15 is 0 Å². The van der Waals surface area contributed by atoms with Crippen LogP contribution in [-0.2, 0) is 0 Å². The van der Waals surface area contributed by atoms with Crippen LogP contribution in [0.15, 0.2) is 34.3 Å². The van der Waals surface area contributed by atoms with Gasteiger partial charge in [0, 0.05) is 17.6 Å². The Morgan fingerprint density at radius 3 is 2.58 bits per heavy atom. The first-order valence-electron chi connectivity index (χ1n) is 4.01. The van der Waals surface area contributed by atoms with Gasteiger partial charge in [-0.3, -0.25) is 0 Å². The number of halogens is 1. The molecule has 2 rings (SSSR count). The Bertz CT molecular complexity index is 311. The monoisotopic (exact) mass is 223 g/mol.